The van der Waals surface area contributed by atoms with E-state index in [1.807, 2.05) is 0 Å². The van der Waals surface area contributed by atoms with Crippen molar-refractivity contribution in [2.24, 2.45) is 0 Å². The molecule has 0 aromatic heterocycles. The van der Waals surface area contributed by atoms with Gasteiger partial charge in [-0.25, -0.2) is 0 Å². The predicted molar refractivity (Wildman–Crippen MR) is 176 cm³/mol. The highest BCUT2D eigenvalue weighted by atomic mass is 32.2. The molecule has 0 saturated carbocycles. The third-order valence-corrected chi connectivity index (χ3v) is 7.95. The molecule has 0 aliphatic heterocycles. The van der Waals surface area contributed by atoms with E-state index in [-0.39, 0.29) is 59.2 Å². The molecule has 0 saturated heterocycles. The molecular formula is C36H32O12S. The van der Waals surface area contributed by atoms with E-state index in [4.69, 9.17) is 14.2 Å². The SMILES string of the molecule is CC(=O)CC(=O)Oc1ccc(-c2cc(C3=CCC(OC(=O)CC(C)=O)C=C3)c(S(=O)(=O)O)c(-c3ccc(OC(=O)CC(C)=O)cc3)c2)cc1. The Labute approximate surface area is 282 Å². The van der Waals surface area contributed by atoms with Crippen LogP contribution in [0.15, 0.2) is 83.8 Å². The highest BCUT2D eigenvalue weighted by Gasteiger charge is 2.26. The third kappa shape index (κ3) is 10.2. The van der Waals surface area contributed by atoms with E-state index in [9.17, 15) is 41.7 Å². The van der Waals surface area contributed by atoms with Gasteiger partial charge in [0.05, 0.1) is 0 Å². The van der Waals surface area contributed by atoms with Crippen molar-refractivity contribution in [2.45, 2.75) is 57.5 Å². The predicted octanol–water partition coefficient (Wildman–Crippen LogP) is 5.27. The Morgan fingerprint density at radius 1 is 0.673 bits per heavy atom. The van der Waals surface area contributed by atoms with Crippen molar-refractivity contribution < 1.29 is 55.9 Å². The number of esters is 3. The van der Waals surface area contributed by atoms with Gasteiger partial charge in [-0.1, -0.05) is 36.4 Å². The second-order valence-electron chi connectivity index (χ2n) is 11.3. The van der Waals surface area contributed by atoms with E-state index in [0.717, 1.165) is 0 Å². The number of ketones is 3. The van der Waals surface area contributed by atoms with Crippen molar-refractivity contribution in [3.8, 4) is 33.8 Å². The lowest BCUT2D eigenvalue weighted by molar-refractivity contribution is -0.148. The van der Waals surface area contributed by atoms with Crippen LogP contribution in [0.3, 0.4) is 0 Å². The molecule has 4 rings (SSSR count). The average molecular weight is 689 g/mol. The number of Topliss-reactive ketones (excluding diaryl/α,β-unsaturated/α-hetero) is 3. The maximum absolute atomic E-state index is 13.0. The lowest BCUT2D eigenvalue weighted by Crippen LogP contribution is -2.19. The molecule has 0 radical (unpaired) electrons. The Kier molecular flexibility index (Phi) is 11.5. The molecule has 254 valence electrons. The number of benzene rings is 3. The summed E-state index contributed by atoms with van der Waals surface area (Å²) < 4.78 is 52.3. The maximum atomic E-state index is 13.0. The van der Waals surface area contributed by atoms with Crippen molar-refractivity contribution in [3.05, 3.63) is 84.5 Å². The van der Waals surface area contributed by atoms with Crippen LogP contribution in [0.4, 0.5) is 0 Å². The molecule has 0 bridgehead atoms. The fraction of sp³-hybridized carbons (Fsp3) is 0.222. The van der Waals surface area contributed by atoms with Crippen LogP contribution in [-0.4, -0.2) is 54.3 Å². The lowest BCUT2D eigenvalue weighted by Gasteiger charge is -2.21. The first-order valence-electron chi connectivity index (χ1n) is 14.9. The number of rotatable bonds is 13. The molecule has 1 N–H and O–H groups in total. The van der Waals surface area contributed by atoms with Crippen molar-refractivity contribution in [2.75, 3.05) is 0 Å². The Bertz CT molecular complexity index is 1990. The summed E-state index contributed by atoms with van der Waals surface area (Å²) in [5, 5.41) is 0. The quantitative estimate of drug-likeness (QED) is 0.106. The van der Waals surface area contributed by atoms with Crippen LogP contribution in [0.2, 0.25) is 0 Å². The highest BCUT2D eigenvalue weighted by Crippen LogP contribution is 2.40. The zero-order chi connectivity index (χ0) is 35.9. The van der Waals surface area contributed by atoms with E-state index < -0.39 is 45.4 Å². The molecule has 3 aromatic rings. The van der Waals surface area contributed by atoms with E-state index in [0.29, 0.717) is 22.3 Å². The molecule has 0 amide bonds. The molecule has 13 heteroatoms. The van der Waals surface area contributed by atoms with Gasteiger partial charge in [0.1, 0.15) is 59.1 Å². The maximum Gasteiger partial charge on any atom is 0.318 e. The second kappa shape index (κ2) is 15.6. The van der Waals surface area contributed by atoms with Gasteiger partial charge in [-0.3, -0.25) is 33.3 Å². The summed E-state index contributed by atoms with van der Waals surface area (Å²) in [7, 11) is -4.88. The largest absolute Gasteiger partial charge is 0.457 e. The van der Waals surface area contributed by atoms with Crippen LogP contribution in [0, 0.1) is 0 Å². The van der Waals surface area contributed by atoms with Crippen molar-refractivity contribution in [3.63, 3.8) is 0 Å². The number of allylic oxidation sites excluding steroid dienone is 2. The molecule has 49 heavy (non-hydrogen) atoms. The van der Waals surface area contributed by atoms with Crippen molar-refractivity contribution >= 4 is 50.9 Å². The van der Waals surface area contributed by atoms with Crippen LogP contribution in [-0.2, 0) is 43.6 Å². The van der Waals surface area contributed by atoms with Gasteiger partial charge in [-0.2, -0.15) is 8.42 Å². The molecule has 0 spiro atoms. The number of carbonyl (C=O) groups excluding carboxylic acids is 6. The summed E-state index contributed by atoms with van der Waals surface area (Å²) in [6.45, 7) is 3.78. The van der Waals surface area contributed by atoms with Gasteiger partial charge in [-0.15, -0.1) is 0 Å². The van der Waals surface area contributed by atoms with E-state index in [1.54, 1.807) is 42.5 Å². The first kappa shape index (κ1) is 36.3. The summed E-state index contributed by atoms with van der Waals surface area (Å²) in [6.07, 6.45) is 2.98. The first-order chi connectivity index (χ1) is 23.1. The topological polar surface area (TPSA) is 184 Å². The number of hydrogen-bond donors (Lipinski definition) is 1. The van der Waals surface area contributed by atoms with Gasteiger partial charge in [0, 0.05) is 17.5 Å². The number of ether oxygens (including phenoxy) is 3. The van der Waals surface area contributed by atoms with E-state index >= 15 is 0 Å². The first-order valence-corrected chi connectivity index (χ1v) is 16.4. The number of hydrogen-bond acceptors (Lipinski definition) is 11. The Morgan fingerprint density at radius 2 is 1.14 bits per heavy atom. The van der Waals surface area contributed by atoms with Crippen LogP contribution in [0.5, 0.6) is 11.5 Å². The second-order valence-corrected chi connectivity index (χ2v) is 12.6. The van der Waals surface area contributed by atoms with Crippen molar-refractivity contribution in [1.29, 1.82) is 0 Å². The van der Waals surface area contributed by atoms with Crippen molar-refractivity contribution in [1.82, 2.24) is 0 Å². The minimum Gasteiger partial charge on any atom is -0.457 e. The van der Waals surface area contributed by atoms with Gasteiger partial charge in [-0.05, 0) is 85.5 Å². The van der Waals surface area contributed by atoms with E-state index in [1.165, 1.54) is 57.2 Å². The van der Waals surface area contributed by atoms with Crippen LogP contribution >= 0.6 is 0 Å². The third-order valence-electron chi connectivity index (χ3n) is 7.00. The fourth-order valence-corrected chi connectivity index (χ4v) is 5.87. The highest BCUT2D eigenvalue weighted by molar-refractivity contribution is 7.86. The summed E-state index contributed by atoms with van der Waals surface area (Å²) in [6, 6.07) is 15.2. The van der Waals surface area contributed by atoms with Gasteiger partial charge in [0.15, 0.2) is 0 Å². The zero-order valence-corrected chi connectivity index (χ0v) is 27.6. The Hall–Kier alpha value is -5.53. The lowest BCUT2D eigenvalue weighted by atomic mass is 9.91. The van der Waals surface area contributed by atoms with Gasteiger partial charge in [0.25, 0.3) is 10.1 Å². The summed E-state index contributed by atoms with van der Waals surface area (Å²) in [4.78, 5) is 69.4. The molecule has 12 nitrogen and oxygen atoms in total. The van der Waals surface area contributed by atoms with Crippen LogP contribution in [0.25, 0.3) is 27.8 Å². The fourth-order valence-electron chi connectivity index (χ4n) is 4.96. The Balaban J connectivity index is 1.79. The van der Waals surface area contributed by atoms with E-state index in [2.05, 4.69) is 0 Å². The van der Waals surface area contributed by atoms with Crippen LogP contribution < -0.4 is 9.47 Å². The monoisotopic (exact) mass is 688 g/mol. The van der Waals surface area contributed by atoms with Crippen LogP contribution in [0.1, 0.15) is 52.0 Å². The molecule has 0 heterocycles. The molecule has 1 aliphatic carbocycles. The smallest absolute Gasteiger partial charge is 0.318 e. The normalized spacial score (nSPS) is 14.0. The standard InChI is InChI=1S/C36H32O12S/c1-21(37)16-33(40)46-28-10-4-24(5-11-28)27-19-31(25-6-12-29(13-7-25)47-34(41)17-22(2)38)36(49(43,44)45)32(20-27)26-8-14-30(15-9-26)48-35(42)18-23(3)39/h4-14,19-20,30H,15-18H2,1-3H3,(H,43,44,45). The summed E-state index contributed by atoms with van der Waals surface area (Å²) in [5.41, 5.74) is 2.00. The minimum atomic E-state index is -4.88. The number of carbonyl (C=O) groups is 6. The molecule has 3 aromatic carbocycles. The summed E-state index contributed by atoms with van der Waals surface area (Å²) >= 11 is 0. The molecular weight excluding hydrogens is 656 g/mol. The van der Waals surface area contributed by atoms with Gasteiger partial charge < -0.3 is 14.2 Å². The van der Waals surface area contributed by atoms with Gasteiger partial charge in [0.2, 0.25) is 0 Å². The average Bonchev–Trinajstić information content (AvgIpc) is 3.00. The Morgan fingerprint density at radius 3 is 1.59 bits per heavy atom. The molecule has 1 unspecified atom stereocenters. The zero-order valence-electron chi connectivity index (χ0n) is 26.8. The molecule has 1 aliphatic rings. The minimum absolute atomic E-state index is 0.0953. The molecule has 0 fully saturated rings. The summed E-state index contributed by atoms with van der Waals surface area (Å²) in [5.74, 6) is -2.98. The van der Waals surface area contributed by atoms with Gasteiger partial charge >= 0.3 is 17.9 Å². The molecule has 1 atom stereocenters.